The summed E-state index contributed by atoms with van der Waals surface area (Å²) in [4.78, 5) is 0. The van der Waals surface area contributed by atoms with Gasteiger partial charge in [0.15, 0.2) is 0 Å². The van der Waals surface area contributed by atoms with Gasteiger partial charge in [-0.3, -0.25) is 4.68 Å². The molecule has 1 aromatic carbocycles. The molecule has 4 nitrogen and oxygen atoms in total. The van der Waals surface area contributed by atoms with Crippen LogP contribution < -0.4 is 5.32 Å². The third-order valence-corrected chi connectivity index (χ3v) is 3.17. The van der Waals surface area contributed by atoms with Gasteiger partial charge in [-0.2, -0.15) is 5.10 Å². The predicted molar refractivity (Wildman–Crippen MR) is 74.9 cm³/mol. The van der Waals surface area contributed by atoms with Crippen LogP contribution >= 0.6 is 0 Å². The fourth-order valence-electron chi connectivity index (χ4n) is 2.27. The van der Waals surface area contributed by atoms with E-state index in [2.05, 4.69) is 29.5 Å². The van der Waals surface area contributed by atoms with Crippen LogP contribution in [0.3, 0.4) is 0 Å². The van der Waals surface area contributed by atoms with Crippen LogP contribution in [0.4, 0.5) is 0 Å². The molecular formula is C15H17N3O. The standard InChI is InChI=1S/C15H17N3O/c1-2-16-13(11-18-9-5-8-17-18)15-10-12-6-3-4-7-14(12)19-15/h3-10,13,16H,2,11H2,1H3. The van der Waals surface area contributed by atoms with Crippen molar-refractivity contribution >= 4 is 11.0 Å². The zero-order valence-electron chi connectivity index (χ0n) is 10.9. The van der Waals surface area contributed by atoms with Gasteiger partial charge in [-0.05, 0) is 24.7 Å². The fourth-order valence-corrected chi connectivity index (χ4v) is 2.27. The van der Waals surface area contributed by atoms with E-state index >= 15 is 0 Å². The molecule has 0 spiro atoms. The van der Waals surface area contributed by atoms with E-state index in [-0.39, 0.29) is 6.04 Å². The lowest BCUT2D eigenvalue weighted by Gasteiger charge is -2.15. The number of benzene rings is 1. The second-order valence-electron chi connectivity index (χ2n) is 4.52. The number of hydrogen-bond donors (Lipinski definition) is 1. The van der Waals surface area contributed by atoms with E-state index in [1.165, 1.54) is 0 Å². The Morgan fingerprint density at radius 1 is 1.32 bits per heavy atom. The molecule has 4 heteroatoms. The van der Waals surface area contributed by atoms with E-state index in [0.717, 1.165) is 29.8 Å². The largest absolute Gasteiger partial charge is 0.459 e. The highest BCUT2D eigenvalue weighted by atomic mass is 16.3. The first-order valence-electron chi connectivity index (χ1n) is 6.56. The topological polar surface area (TPSA) is 43.0 Å². The van der Waals surface area contributed by atoms with E-state index in [4.69, 9.17) is 4.42 Å². The normalized spacial score (nSPS) is 12.9. The maximum atomic E-state index is 5.93. The highest BCUT2D eigenvalue weighted by Crippen LogP contribution is 2.24. The molecule has 1 unspecified atom stereocenters. The summed E-state index contributed by atoms with van der Waals surface area (Å²) in [6, 6.07) is 12.3. The Balaban J connectivity index is 1.90. The molecule has 3 rings (SSSR count). The molecule has 0 radical (unpaired) electrons. The van der Waals surface area contributed by atoms with Crippen LogP contribution in [0, 0.1) is 0 Å². The smallest absolute Gasteiger partial charge is 0.134 e. The first-order chi connectivity index (χ1) is 9.36. The third kappa shape index (κ3) is 2.53. The van der Waals surface area contributed by atoms with Gasteiger partial charge >= 0.3 is 0 Å². The Kier molecular flexibility index (Phi) is 3.33. The van der Waals surface area contributed by atoms with Gasteiger partial charge in [0.1, 0.15) is 11.3 Å². The number of hydrogen-bond acceptors (Lipinski definition) is 3. The van der Waals surface area contributed by atoms with Gasteiger partial charge in [-0.15, -0.1) is 0 Å². The average Bonchev–Trinajstić information content (AvgIpc) is 3.06. The Hall–Kier alpha value is -2.07. The molecule has 19 heavy (non-hydrogen) atoms. The molecule has 1 N–H and O–H groups in total. The van der Waals surface area contributed by atoms with Crippen LogP contribution in [0.15, 0.2) is 53.2 Å². The number of nitrogens with one attached hydrogen (secondary N) is 1. The van der Waals surface area contributed by atoms with Crippen molar-refractivity contribution in [1.29, 1.82) is 0 Å². The second kappa shape index (κ2) is 5.28. The Morgan fingerprint density at radius 2 is 2.21 bits per heavy atom. The first kappa shape index (κ1) is 12.0. The minimum absolute atomic E-state index is 0.136. The van der Waals surface area contributed by atoms with Crippen molar-refractivity contribution in [3.63, 3.8) is 0 Å². The van der Waals surface area contributed by atoms with E-state index < -0.39 is 0 Å². The minimum Gasteiger partial charge on any atom is -0.459 e. The maximum Gasteiger partial charge on any atom is 0.134 e. The minimum atomic E-state index is 0.136. The van der Waals surface area contributed by atoms with E-state index in [1.54, 1.807) is 6.20 Å². The molecule has 0 amide bonds. The molecule has 98 valence electrons. The van der Waals surface area contributed by atoms with Crippen molar-refractivity contribution in [3.05, 3.63) is 54.6 Å². The molecule has 0 saturated carbocycles. The highest BCUT2D eigenvalue weighted by molar-refractivity contribution is 5.77. The molecule has 0 bridgehead atoms. The zero-order chi connectivity index (χ0) is 13.1. The lowest BCUT2D eigenvalue weighted by molar-refractivity contribution is 0.381. The van der Waals surface area contributed by atoms with E-state index in [9.17, 15) is 0 Å². The van der Waals surface area contributed by atoms with Gasteiger partial charge < -0.3 is 9.73 Å². The molecule has 1 atom stereocenters. The molecule has 3 aromatic rings. The summed E-state index contributed by atoms with van der Waals surface area (Å²) in [5.74, 6) is 0.957. The Labute approximate surface area is 112 Å². The number of furan rings is 1. The molecule has 2 aromatic heterocycles. The molecule has 0 saturated heterocycles. The third-order valence-electron chi connectivity index (χ3n) is 3.17. The molecule has 0 aliphatic heterocycles. The van der Waals surface area contributed by atoms with Gasteiger partial charge in [0, 0.05) is 17.8 Å². The second-order valence-corrected chi connectivity index (χ2v) is 4.52. The number of rotatable bonds is 5. The van der Waals surface area contributed by atoms with Gasteiger partial charge in [0.05, 0.1) is 12.6 Å². The van der Waals surface area contributed by atoms with Crippen molar-refractivity contribution in [2.45, 2.75) is 19.5 Å². The van der Waals surface area contributed by atoms with Crippen LogP contribution in [-0.2, 0) is 6.54 Å². The summed E-state index contributed by atoms with van der Waals surface area (Å²) >= 11 is 0. The maximum absolute atomic E-state index is 5.93. The van der Waals surface area contributed by atoms with Crippen LogP contribution in [0.5, 0.6) is 0 Å². The molecule has 0 fully saturated rings. The zero-order valence-corrected chi connectivity index (χ0v) is 10.9. The summed E-state index contributed by atoms with van der Waals surface area (Å²) in [5.41, 5.74) is 0.931. The van der Waals surface area contributed by atoms with Gasteiger partial charge in [0.25, 0.3) is 0 Å². The number of aromatic nitrogens is 2. The fraction of sp³-hybridized carbons (Fsp3) is 0.267. The number of para-hydroxylation sites is 1. The van der Waals surface area contributed by atoms with Crippen molar-refractivity contribution < 1.29 is 4.42 Å². The quantitative estimate of drug-likeness (QED) is 0.762. The van der Waals surface area contributed by atoms with Crippen LogP contribution in [0.25, 0.3) is 11.0 Å². The summed E-state index contributed by atoms with van der Waals surface area (Å²) in [7, 11) is 0. The van der Waals surface area contributed by atoms with E-state index in [0.29, 0.717) is 0 Å². The van der Waals surface area contributed by atoms with Crippen LogP contribution in [0.2, 0.25) is 0 Å². The van der Waals surface area contributed by atoms with Crippen LogP contribution in [-0.4, -0.2) is 16.3 Å². The SMILES string of the molecule is CCNC(Cn1cccn1)c1cc2ccccc2o1. The monoisotopic (exact) mass is 255 g/mol. The lowest BCUT2D eigenvalue weighted by atomic mass is 10.2. The molecule has 0 aliphatic rings. The van der Waals surface area contributed by atoms with Crippen LogP contribution in [0.1, 0.15) is 18.7 Å². The molecule has 0 aliphatic carbocycles. The highest BCUT2D eigenvalue weighted by Gasteiger charge is 2.16. The van der Waals surface area contributed by atoms with Crippen molar-refractivity contribution in [2.75, 3.05) is 6.54 Å². The van der Waals surface area contributed by atoms with Crippen molar-refractivity contribution in [2.24, 2.45) is 0 Å². The molecule has 2 heterocycles. The Morgan fingerprint density at radius 3 is 2.95 bits per heavy atom. The van der Waals surface area contributed by atoms with Crippen molar-refractivity contribution in [3.8, 4) is 0 Å². The number of fused-ring (bicyclic) bond motifs is 1. The summed E-state index contributed by atoms with van der Waals surface area (Å²) in [6.45, 7) is 3.75. The van der Waals surface area contributed by atoms with Gasteiger partial charge in [-0.1, -0.05) is 25.1 Å². The summed E-state index contributed by atoms with van der Waals surface area (Å²) in [5, 5.41) is 8.84. The van der Waals surface area contributed by atoms with Crippen molar-refractivity contribution in [1.82, 2.24) is 15.1 Å². The number of nitrogens with zero attached hydrogens (tertiary/aromatic N) is 2. The Bertz CT molecular complexity index is 609. The van der Waals surface area contributed by atoms with Gasteiger partial charge in [0.2, 0.25) is 0 Å². The summed E-state index contributed by atoms with van der Waals surface area (Å²) in [6.07, 6.45) is 3.76. The predicted octanol–water partition coefficient (Wildman–Crippen LogP) is 2.98. The summed E-state index contributed by atoms with van der Waals surface area (Å²) < 4.78 is 7.85. The lowest BCUT2D eigenvalue weighted by Crippen LogP contribution is -2.25. The first-order valence-corrected chi connectivity index (χ1v) is 6.56. The number of likely N-dealkylation sites (N-methyl/N-ethyl adjacent to an activating group) is 1. The van der Waals surface area contributed by atoms with Gasteiger partial charge in [-0.25, -0.2) is 0 Å². The van der Waals surface area contributed by atoms with E-state index in [1.807, 2.05) is 35.1 Å². The molecular weight excluding hydrogens is 238 g/mol. The average molecular weight is 255 g/mol.